The van der Waals surface area contributed by atoms with Crippen LogP contribution in [0.15, 0.2) is 54.6 Å². The first-order valence-electron chi connectivity index (χ1n) is 8.11. The van der Waals surface area contributed by atoms with E-state index < -0.39 is 11.6 Å². The topological polar surface area (TPSA) is 29.1 Å². The molecule has 0 unspecified atom stereocenters. The van der Waals surface area contributed by atoms with Gasteiger partial charge in [-0.3, -0.25) is 4.79 Å². The Bertz CT molecular complexity index is 1020. The number of ketones is 1. The molecule has 0 fully saturated rings. The summed E-state index contributed by atoms with van der Waals surface area (Å²) in [5.41, 5.74) is 3.11. The lowest BCUT2D eigenvalue weighted by molar-refractivity contribution is 0.103. The molecule has 0 saturated carbocycles. The van der Waals surface area contributed by atoms with E-state index in [0.29, 0.717) is 22.7 Å². The van der Waals surface area contributed by atoms with Gasteiger partial charge in [-0.15, -0.1) is 11.6 Å². The number of carbonyl (C=O) groups is 1. The summed E-state index contributed by atoms with van der Waals surface area (Å²) in [7, 11) is 0. The fourth-order valence-corrected chi connectivity index (χ4v) is 3.10. The maximum atomic E-state index is 13.8. The van der Waals surface area contributed by atoms with Crippen LogP contribution in [0.25, 0.3) is 0 Å². The zero-order chi connectivity index (χ0) is 19.6. The van der Waals surface area contributed by atoms with E-state index >= 15 is 0 Å². The lowest BCUT2D eigenvalue weighted by atomic mass is 9.97. The van der Waals surface area contributed by atoms with Crippen LogP contribution in [0.3, 0.4) is 0 Å². The van der Waals surface area contributed by atoms with Crippen LogP contribution in [0.4, 0.5) is 20.2 Å². The summed E-state index contributed by atoms with van der Waals surface area (Å²) in [5, 5.41) is 3.05. The first-order chi connectivity index (χ1) is 12.9. The fraction of sp³-hybridized carbons (Fsp3) is 0.0952. The molecule has 0 aliphatic heterocycles. The predicted octanol–water partition coefficient (Wildman–Crippen LogP) is 6.64. The van der Waals surface area contributed by atoms with Gasteiger partial charge in [0.25, 0.3) is 0 Å². The number of aryl methyl sites for hydroxylation is 1. The van der Waals surface area contributed by atoms with E-state index in [-0.39, 0.29) is 16.5 Å². The lowest BCUT2D eigenvalue weighted by Crippen LogP contribution is -2.06. The Balaban J connectivity index is 1.89. The second-order valence-electron chi connectivity index (χ2n) is 6.06. The molecule has 2 nitrogen and oxygen atoms in total. The molecule has 3 rings (SSSR count). The number of hydrogen-bond donors (Lipinski definition) is 1. The molecule has 0 saturated heterocycles. The second-order valence-corrected chi connectivity index (χ2v) is 6.73. The average Bonchev–Trinajstić information content (AvgIpc) is 2.64. The maximum absolute atomic E-state index is 13.8. The van der Waals surface area contributed by atoms with Crippen LogP contribution >= 0.6 is 23.2 Å². The number of nitrogens with one attached hydrogen (secondary N) is 1. The van der Waals surface area contributed by atoms with Gasteiger partial charge < -0.3 is 5.32 Å². The average molecular weight is 406 g/mol. The zero-order valence-electron chi connectivity index (χ0n) is 14.3. The van der Waals surface area contributed by atoms with Crippen molar-refractivity contribution in [2.45, 2.75) is 12.8 Å². The Morgan fingerprint density at radius 2 is 1.78 bits per heavy atom. The van der Waals surface area contributed by atoms with Gasteiger partial charge in [0.2, 0.25) is 0 Å². The van der Waals surface area contributed by atoms with E-state index in [1.54, 1.807) is 18.2 Å². The van der Waals surface area contributed by atoms with Crippen molar-refractivity contribution < 1.29 is 13.6 Å². The van der Waals surface area contributed by atoms with E-state index in [4.69, 9.17) is 23.2 Å². The molecule has 0 aliphatic rings. The minimum atomic E-state index is -0.722. The van der Waals surface area contributed by atoms with E-state index in [1.807, 2.05) is 19.1 Å². The van der Waals surface area contributed by atoms with Gasteiger partial charge in [0.1, 0.15) is 11.6 Å². The van der Waals surface area contributed by atoms with Crippen molar-refractivity contribution in [2.75, 3.05) is 5.32 Å². The highest BCUT2D eigenvalue weighted by molar-refractivity contribution is 6.35. The molecule has 0 aliphatic carbocycles. The van der Waals surface area contributed by atoms with E-state index in [1.165, 1.54) is 12.1 Å². The summed E-state index contributed by atoms with van der Waals surface area (Å²) in [6.45, 7) is 1.84. The van der Waals surface area contributed by atoms with Crippen molar-refractivity contribution >= 4 is 40.4 Å². The van der Waals surface area contributed by atoms with E-state index in [2.05, 4.69) is 5.32 Å². The highest BCUT2D eigenvalue weighted by Gasteiger charge is 2.16. The summed E-state index contributed by atoms with van der Waals surface area (Å²) in [4.78, 5) is 12.9. The van der Waals surface area contributed by atoms with E-state index in [9.17, 15) is 13.6 Å². The standard InChI is InChI=1S/C21H15Cl2F2NO/c1-12-2-3-13(11-22)8-17(12)21(27)16-6-5-15(10-18(16)23)26-20-7-4-14(24)9-19(20)25/h2-10,26H,11H2,1H3. The molecular formula is C21H15Cl2F2NO. The monoisotopic (exact) mass is 405 g/mol. The Kier molecular flexibility index (Phi) is 5.78. The largest absolute Gasteiger partial charge is 0.353 e. The van der Waals surface area contributed by atoms with Crippen LogP contribution < -0.4 is 5.32 Å². The van der Waals surface area contributed by atoms with Gasteiger partial charge in [-0.2, -0.15) is 0 Å². The van der Waals surface area contributed by atoms with Crippen molar-refractivity contribution in [1.82, 2.24) is 0 Å². The van der Waals surface area contributed by atoms with Gasteiger partial charge in [0.15, 0.2) is 5.78 Å². The van der Waals surface area contributed by atoms with Crippen LogP contribution in [-0.4, -0.2) is 5.78 Å². The SMILES string of the molecule is Cc1ccc(CCl)cc1C(=O)c1ccc(Nc2ccc(F)cc2F)cc1Cl. The van der Waals surface area contributed by atoms with Crippen LogP contribution in [0, 0.1) is 18.6 Å². The van der Waals surface area contributed by atoms with Gasteiger partial charge in [-0.25, -0.2) is 8.78 Å². The smallest absolute Gasteiger partial charge is 0.194 e. The zero-order valence-corrected chi connectivity index (χ0v) is 15.8. The Morgan fingerprint density at radius 3 is 2.44 bits per heavy atom. The summed E-state index contributed by atoms with van der Waals surface area (Å²) in [6.07, 6.45) is 0. The third kappa shape index (κ3) is 4.29. The highest BCUT2D eigenvalue weighted by atomic mass is 35.5. The van der Waals surface area contributed by atoms with Gasteiger partial charge in [0.05, 0.1) is 10.7 Å². The molecule has 0 amide bonds. The Hall–Kier alpha value is -2.43. The molecule has 3 aromatic carbocycles. The molecule has 27 heavy (non-hydrogen) atoms. The third-order valence-electron chi connectivity index (χ3n) is 4.12. The molecule has 0 bridgehead atoms. The molecule has 138 valence electrons. The van der Waals surface area contributed by atoms with Crippen molar-refractivity contribution in [1.29, 1.82) is 0 Å². The van der Waals surface area contributed by atoms with Crippen LogP contribution in [0.1, 0.15) is 27.0 Å². The normalized spacial score (nSPS) is 10.7. The first-order valence-corrected chi connectivity index (χ1v) is 9.02. The van der Waals surface area contributed by atoms with Gasteiger partial charge in [-0.1, -0.05) is 23.7 Å². The molecule has 0 atom stereocenters. The lowest BCUT2D eigenvalue weighted by Gasteiger charge is -2.11. The Morgan fingerprint density at radius 1 is 1.00 bits per heavy atom. The highest BCUT2D eigenvalue weighted by Crippen LogP contribution is 2.28. The molecule has 0 spiro atoms. The molecule has 3 aromatic rings. The number of carbonyl (C=O) groups excluding carboxylic acids is 1. The Labute approximate surface area is 165 Å². The molecule has 0 heterocycles. The molecule has 0 radical (unpaired) electrons. The van der Waals surface area contributed by atoms with Crippen LogP contribution in [0.2, 0.25) is 5.02 Å². The molecular weight excluding hydrogens is 391 g/mol. The number of hydrogen-bond acceptors (Lipinski definition) is 2. The van der Waals surface area contributed by atoms with Crippen molar-refractivity contribution in [3.63, 3.8) is 0 Å². The number of alkyl halides is 1. The van der Waals surface area contributed by atoms with E-state index in [0.717, 1.165) is 23.3 Å². The van der Waals surface area contributed by atoms with Crippen LogP contribution in [-0.2, 0) is 5.88 Å². The summed E-state index contributed by atoms with van der Waals surface area (Å²) >= 11 is 12.1. The van der Waals surface area contributed by atoms with Gasteiger partial charge in [0, 0.05) is 28.8 Å². The number of halogens is 4. The van der Waals surface area contributed by atoms with Crippen molar-refractivity contribution in [2.24, 2.45) is 0 Å². The van der Waals surface area contributed by atoms with Crippen molar-refractivity contribution in [3.05, 3.63) is 93.5 Å². The molecule has 6 heteroatoms. The maximum Gasteiger partial charge on any atom is 0.194 e. The van der Waals surface area contributed by atoms with Gasteiger partial charge in [-0.05, 0) is 54.4 Å². The second kappa shape index (κ2) is 8.07. The molecule has 0 aromatic heterocycles. The van der Waals surface area contributed by atoms with Crippen molar-refractivity contribution in [3.8, 4) is 0 Å². The minimum Gasteiger partial charge on any atom is -0.353 e. The fourth-order valence-electron chi connectivity index (χ4n) is 2.67. The predicted molar refractivity (Wildman–Crippen MR) is 105 cm³/mol. The van der Waals surface area contributed by atoms with Crippen LogP contribution in [0.5, 0.6) is 0 Å². The minimum absolute atomic E-state index is 0.109. The summed E-state index contributed by atoms with van der Waals surface area (Å²) in [6, 6.07) is 13.4. The quantitative estimate of drug-likeness (QED) is 0.380. The molecule has 1 N–H and O–H groups in total. The number of anilines is 2. The number of rotatable bonds is 5. The number of benzene rings is 3. The first kappa shape index (κ1) is 19.3. The third-order valence-corrected chi connectivity index (χ3v) is 4.75. The van der Waals surface area contributed by atoms with Gasteiger partial charge >= 0.3 is 0 Å². The summed E-state index contributed by atoms with van der Waals surface area (Å²) in [5.74, 6) is -1.30. The summed E-state index contributed by atoms with van der Waals surface area (Å²) < 4.78 is 26.8.